The summed E-state index contributed by atoms with van der Waals surface area (Å²) in [7, 11) is 2.16. The topological polar surface area (TPSA) is 48.5 Å². The molecule has 0 aliphatic carbocycles. The molecule has 0 saturated carbocycles. The number of nitrogens with zero attached hydrogens (tertiary/aromatic N) is 3. The second-order valence-electron chi connectivity index (χ2n) is 5.95. The van der Waals surface area contributed by atoms with Gasteiger partial charge >= 0.3 is 6.03 Å². The maximum absolute atomic E-state index is 12.2. The summed E-state index contributed by atoms with van der Waals surface area (Å²) in [5.74, 6) is 0.591. The number of carbonyl (C=O) groups excluding carboxylic acids is 1. The summed E-state index contributed by atoms with van der Waals surface area (Å²) in [6.07, 6.45) is 3.89. The van der Waals surface area contributed by atoms with Gasteiger partial charge in [-0.3, -0.25) is 5.32 Å². The van der Waals surface area contributed by atoms with Gasteiger partial charge in [0, 0.05) is 36.8 Å². The minimum atomic E-state index is -0.0434. The van der Waals surface area contributed by atoms with Gasteiger partial charge in [0.1, 0.15) is 5.82 Å². The number of aromatic nitrogens is 1. The number of piperidine rings is 1. The van der Waals surface area contributed by atoms with Crippen LogP contribution in [0.5, 0.6) is 0 Å². The van der Waals surface area contributed by atoms with E-state index in [1.807, 2.05) is 17.0 Å². The van der Waals surface area contributed by atoms with Crippen LogP contribution in [0.4, 0.5) is 10.6 Å². The molecule has 6 heteroatoms. The number of rotatable bonds is 1. The molecule has 1 aromatic heterocycles. The van der Waals surface area contributed by atoms with Crippen molar-refractivity contribution in [3.63, 3.8) is 0 Å². The predicted molar refractivity (Wildman–Crippen MR) is 81.7 cm³/mol. The Bertz CT molecular complexity index is 506. The van der Waals surface area contributed by atoms with Crippen LogP contribution in [0.15, 0.2) is 22.8 Å². The lowest BCUT2D eigenvalue weighted by Crippen LogP contribution is -2.59. The molecule has 0 atom stereocenters. The third-order valence-electron chi connectivity index (χ3n) is 4.28. The Kier molecular flexibility index (Phi) is 3.69. The highest BCUT2D eigenvalue weighted by molar-refractivity contribution is 9.10. The van der Waals surface area contributed by atoms with Crippen molar-refractivity contribution in [2.45, 2.75) is 12.8 Å². The molecule has 108 valence electrons. The average molecular weight is 339 g/mol. The number of nitrogens with one attached hydrogen (secondary N) is 1. The Labute approximate surface area is 127 Å². The number of hydrogen-bond donors (Lipinski definition) is 1. The maximum atomic E-state index is 12.2. The maximum Gasteiger partial charge on any atom is 0.323 e. The summed E-state index contributed by atoms with van der Waals surface area (Å²) >= 11 is 3.38. The lowest BCUT2D eigenvalue weighted by Gasteiger charge is -2.52. The van der Waals surface area contributed by atoms with Crippen molar-refractivity contribution in [1.82, 2.24) is 14.8 Å². The molecule has 2 saturated heterocycles. The highest BCUT2D eigenvalue weighted by atomic mass is 79.9. The van der Waals surface area contributed by atoms with E-state index >= 15 is 0 Å². The molecule has 5 nitrogen and oxygen atoms in total. The van der Waals surface area contributed by atoms with Crippen molar-refractivity contribution in [2.75, 3.05) is 38.5 Å². The van der Waals surface area contributed by atoms with E-state index in [2.05, 4.69) is 38.2 Å². The SMILES string of the molecule is CN1CC2(CCN(C(=O)Nc3cc(Br)ccn3)CC2)C1. The van der Waals surface area contributed by atoms with Crippen LogP contribution in [0.2, 0.25) is 0 Å². The highest BCUT2D eigenvalue weighted by Crippen LogP contribution is 2.39. The molecule has 0 unspecified atom stereocenters. The molecule has 1 N–H and O–H groups in total. The molecule has 0 aromatic carbocycles. The minimum Gasteiger partial charge on any atom is -0.324 e. The number of hydrogen-bond acceptors (Lipinski definition) is 3. The lowest BCUT2D eigenvalue weighted by molar-refractivity contribution is -0.0223. The highest BCUT2D eigenvalue weighted by Gasteiger charge is 2.43. The Morgan fingerprint density at radius 1 is 1.40 bits per heavy atom. The normalized spacial score (nSPS) is 21.6. The lowest BCUT2D eigenvalue weighted by atomic mass is 9.72. The van der Waals surface area contributed by atoms with Gasteiger partial charge in [-0.1, -0.05) is 15.9 Å². The first-order valence-electron chi connectivity index (χ1n) is 6.92. The average Bonchev–Trinajstić information content (AvgIpc) is 2.38. The third-order valence-corrected chi connectivity index (χ3v) is 4.77. The second kappa shape index (κ2) is 5.33. The van der Waals surface area contributed by atoms with E-state index < -0.39 is 0 Å². The van der Waals surface area contributed by atoms with E-state index in [1.54, 1.807) is 6.20 Å². The molecule has 3 heterocycles. The number of halogens is 1. The molecular weight excluding hydrogens is 320 g/mol. The molecule has 2 fully saturated rings. The first-order chi connectivity index (χ1) is 9.56. The molecule has 0 radical (unpaired) electrons. The molecule has 2 aliphatic rings. The zero-order valence-electron chi connectivity index (χ0n) is 11.6. The van der Waals surface area contributed by atoms with E-state index in [1.165, 1.54) is 13.1 Å². The van der Waals surface area contributed by atoms with E-state index in [0.717, 1.165) is 30.4 Å². The van der Waals surface area contributed by atoms with Gasteiger partial charge in [-0.15, -0.1) is 0 Å². The van der Waals surface area contributed by atoms with Gasteiger partial charge < -0.3 is 9.80 Å². The molecule has 1 spiro atoms. The van der Waals surface area contributed by atoms with E-state index in [-0.39, 0.29) is 6.03 Å². The molecule has 3 rings (SSSR count). The van der Waals surface area contributed by atoms with E-state index in [9.17, 15) is 4.79 Å². The molecule has 2 amide bonds. The second-order valence-corrected chi connectivity index (χ2v) is 6.86. The van der Waals surface area contributed by atoms with Gasteiger partial charge in [0.25, 0.3) is 0 Å². The molecular formula is C14H19BrN4O. The Morgan fingerprint density at radius 2 is 2.10 bits per heavy atom. The minimum absolute atomic E-state index is 0.0434. The quantitative estimate of drug-likeness (QED) is 0.855. The summed E-state index contributed by atoms with van der Waals surface area (Å²) in [5.41, 5.74) is 0.472. The number of urea groups is 1. The monoisotopic (exact) mass is 338 g/mol. The Hall–Kier alpha value is -1.14. The van der Waals surface area contributed by atoms with Crippen LogP contribution in [-0.2, 0) is 0 Å². The van der Waals surface area contributed by atoms with Gasteiger partial charge in [0.15, 0.2) is 0 Å². The smallest absolute Gasteiger partial charge is 0.323 e. The van der Waals surface area contributed by atoms with Gasteiger partial charge in [-0.05, 0) is 37.4 Å². The van der Waals surface area contributed by atoms with E-state index in [0.29, 0.717) is 11.2 Å². The first-order valence-corrected chi connectivity index (χ1v) is 7.72. The fourth-order valence-corrected chi connectivity index (χ4v) is 3.60. The number of carbonyl (C=O) groups is 1. The van der Waals surface area contributed by atoms with Crippen molar-refractivity contribution in [3.05, 3.63) is 22.8 Å². The Balaban J connectivity index is 1.54. The van der Waals surface area contributed by atoms with Crippen molar-refractivity contribution < 1.29 is 4.79 Å². The summed E-state index contributed by atoms with van der Waals surface area (Å²) < 4.78 is 0.915. The van der Waals surface area contributed by atoms with Crippen molar-refractivity contribution >= 4 is 27.8 Å². The molecule has 1 aromatic rings. The van der Waals surface area contributed by atoms with Crippen LogP contribution < -0.4 is 5.32 Å². The largest absolute Gasteiger partial charge is 0.324 e. The van der Waals surface area contributed by atoms with Crippen LogP contribution in [0.3, 0.4) is 0 Å². The third kappa shape index (κ3) is 2.81. The zero-order valence-corrected chi connectivity index (χ0v) is 13.2. The van der Waals surface area contributed by atoms with Gasteiger partial charge in [-0.2, -0.15) is 0 Å². The van der Waals surface area contributed by atoms with Crippen LogP contribution in [0, 0.1) is 5.41 Å². The van der Waals surface area contributed by atoms with Crippen LogP contribution in [0.1, 0.15) is 12.8 Å². The number of amides is 2. The molecule has 2 aliphatic heterocycles. The molecule has 0 bridgehead atoms. The van der Waals surface area contributed by atoms with Crippen molar-refractivity contribution in [2.24, 2.45) is 5.41 Å². The van der Waals surface area contributed by atoms with Crippen LogP contribution >= 0.6 is 15.9 Å². The number of likely N-dealkylation sites (tertiary alicyclic amines) is 2. The van der Waals surface area contributed by atoms with Crippen molar-refractivity contribution in [3.8, 4) is 0 Å². The van der Waals surface area contributed by atoms with Crippen LogP contribution in [-0.4, -0.2) is 54.0 Å². The molecule has 20 heavy (non-hydrogen) atoms. The summed E-state index contributed by atoms with van der Waals surface area (Å²) in [4.78, 5) is 20.6. The first kappa shape index (κ1) is 13.8. The Morgan fingerprint density at radius 3 is 2.70 bits per heavy atom. The summed E-state index contributed by atoms with van der Waals surface area (Å²) in [6, 6.07) is 3.61. The van der Waals surface area contributed by atoms with Gasteiger partial charge in [0.05, 0.1) is 0 Å². The summed E-state index contributed by atoms with van der Waals surface area (Å²) in [6.45, 7) is 4.03. The zero-order chi connectivity index (χ0) is 14.2. The van der Waals surface area contributed by atoms with Gasteiger partial charge in [0.2, 0.25) is 0 Å². The number of anilines is 1. The predicted octanol–water partition coefficient (Wildman–Crippen LogP) is 2.40. The fraction of sp³-hybridized carbons (Fsp3) is 0.571. The fourth-order valence-electron chi connectivity index (χ4n) is 3.26. The summed E-state index contributed by atoms with van der Waals surface area (Å²) in [5, 5.41) is 2.86. The van der Waals surface area contributed by atoms with Gasteiger partial charge in [-0.25, -0.2) is 9.78 Å². The van der Waals surface area contributed by atoms with Crippen molar-refractivity contribution in [1.29, 1.82) is 0 Å². The number of pyridine rings is 1. The van der Waals surface area contributed by atoms with Crippen LogP contribution in [0.25, 0.3) is 0 Å². The van der Waals surface area contributed by atoms with E-state index in [4.69, 9.17) is 0 Å². The standard InChI is InChI=1S/C14H19BrN4O/c1-18-9-14(10-18)3-6-19(7-4-14)13(20)17-12-8-11(15)2-5-16-12/h2,5,8H,3-4,6-7,9-10H2,1H3,(H,16,17,20).